The Hall–Kier alpha value is -1.41. The Morgan fingerprint density at radius 1 is 0.833 bits per heavy atom. The molecule has 2 saturated carbocycles. The minimum atomic E-state index is -4.13. The molecule has 5 atom stereocenters. The number of fused-ring (bicyclic) bond motifs is 2. The maximum absolute atomic E-state index is 12.8. The van der Waals surface area contributed by atoms with E-state index in [0.717, 1.165) is 25.7 Å². The molecular formula is C16H22N2O5S. The van der Waals surface area contributed by atoms with Crippen molar-refractivity contribution >= 4 is 21.7 Å². The summed E-state index contributed by atoms with van der Waals surface area (Å²) in [7, 11) is -4.13. The summed E-state index contributed by atoms with van der Waals surface area (Å²) in [5.41, 5.74) is 0.732. The molecule has 24 heavy (non-hydrogen) atoms. The van der Waals surface area contributed by atoms with Gasteiger partial charge in [-0.15, -0.1) is 0 Å². The average Bonchev–Trinajstić information content (AvgIpc) is 3.05. The number of allylic oxidation sites excluding steroid dienone is 2. The highest BCUT2D eigenvalue weighted by Crippen LogP contribution is 2.39. The number of hydrogen-bond acceptors (Lipinski definition) is 6. The molecular weight excluding hydrogens is 332 g/mol. The molecule has 2 heterocycles. The zero-order valence-corrected chi connectivity index (χ0v) is 14.1. The van der Waals surface area contributed by atoms with Crippen LogP contribution in [0.1, 0.15) is 44.9 Å². The van der Waals surface area contributed by atoms with E-state index in [1.54, 1.807) is 0 Å². The van der Waals surface area contributed by atoms with Gasteiger partial charge in [-0.3, -0.25) is 14.1 Å². The first-order valence-electron chi connectivity index (χ1n) is 8.68. The molecule has 0 aromatic rings. The molecule has 132 valence electrons. The van der Waals surface area contributed by atoms with Crippen LogP contribution in [0.15, 0.2) is 11.4 Å². The van der Waals surface area contributed by atoms with Crippen molar-refractivity contribution in [2.45, 2.75) is 62.3 Å². The van der Waals surface area contributed by atoms with Crippen molar-refractivity contribution in [3.63, 3.8) is 0 Å². The first-order valence-corrected chi connectivity index (χ1v) is 10.2. The van der Waals surface area contributed by atoms with Crippen LogP contribution in [-0.4, -0.2) is 41.9 Å². The molecule has 2 saturated heterocycles. The van der Waals surface area contributed by atoms with Crippen molar-refractivity contribution in [3.05, 3.63) is 11.4 Å². The van der Waals surface area contributed by atoms with Crippen molar-refractivity contribution in [3.8, 4) is 0 Å². The van der Waals surface area contributed by atoms with E-state index in [1.165, 1.54) is 0 Å². The van der Waals surface area contributed by atoms with Crippen molar-refractivity contribution in [2.75, 3.05) is 0 Å². The predicted octanol–water partition coefficient (Wildman–Crippen LogP) is 0.526. The normalized spacial score (nSPS) is 42.3. The summed E-state index contributed by atoms with van der Waals surface area (Å²) in [4.78, 5) is 25.4. The van der Waals surface area contributed by atoms with Gasteiger partial charge < -0.3 is 10.6 Å². The van der Waals surface area contributed by atoms with Crippen LogP contribution in [0.4, 0.5) is 0 Å². The summed E-state index contributed by atoms with van der Waals surface area (Å²) in [6, 6.07) is -0.0215. The molecule has 4 aliphatic rings. The quantitative estimate of drug-likeness (QED) is 0.465. The van der Waals surface area contributed by atoms with Crippen LogP contribution >= 0.6 is 0 Å². The summed E-state index contributed by atoms with van der Waals surface area (Å²) in [5, 5.41) is 5.53. The standard InChI is InChI=1S/C16H22N2O5S/c19-15-9-3-1-2-4-11(9)17-13(15)14-16(20)10-7-8(24(21,22)23)5-6-12(10)18-14/h8-12,17-18H,1-7H2,(H,21,22,23)/b14-13-. The monoisotopic (exact) mass is 354 g/mol. The zero-order valence-electron chi connectivity index (χ0n) is 13.3. The van der Waals surface area contributed by atoms with Crippen LogP contribution in [0.3, 0.4) is 0 Å². The maximum atomic E-state index is 12.8. The van der Waals surface area contributed by atoms with E-state index in [0.29, 0.717) is 24.2 Å². The second kappa shape index (κ2) is 5.56. The van der Waals surface area contributed by atoms with Gasteiger partial charge in [-0.25, -0.2) is 0 Å². The van der Waals surface area contributed by atoms with Crippen LogP contribution < -0.4 is 10.6 Å². The Kier molecular flexibility index (Phi) is 3.72. The lowest BCUT2D eigenvalue weighted by atomic mass is 9.83. The SMILES string of the molecule is O=C1/C(=C2/NC3CCC(S(=O)(=O)O)CC3C2=O)NC2CCCCC12. The van der Waals surface area contributed by atoms with Gasteiger partial charge in [-0.1, -0.05) is 12.8 Å². The minimum absolute atomic E-state index is 0.0144. The molecule has 2 aliphatic carbocycles. The van der Waals surface area contributed by atoms with Gasteiger partial charge in [0, 0.05) is 23.9 Å². The molecule has 4 fully saturated rings. The molecule has 2 aliphatic heterocycles. The second-order valence-corrected chi connectivity index (χ2v) is 9.12. The molecule has 7 nitrogen and oxygen atoms in total. The topological polar surface area (TPSA) is 113 Å². The molecule has 5 unspecified atom stereocenters. The molecule has 3 N–H and O–H groups in total. The molecule has 8 heteroatoms. The minimum Gasteiger partial charge on any atom is -0.377 e. The number of nitrogens with one attached hydrogen (secondary N) is 2. The molecule has 0 aromatic carbocycles. The number of carbonyl (C=O) groups excluding carboxylic acids is 2. The lowest BCUT2D eigenvalue weighted by molar-refractivity contribution is -0.120. The Bertz CT molecular complexity index is 729. The third-order valence-electron chi connectivity index (χ3n) is 6.07. The summed E-state index contributed by atoms with van der Waals surface area (Å²) in [5.74, 6) is -0.696. The van der Waals surface area contributed by atoms with Crippen LogP contribution in [0.2, 0.25) is 0 Å². The maximum Gasteiger partial charge on any atom is 0.267 e. The second-order valence-electron chi connectivity index (χ2n) is 7.43. The van der Waals surface area contributed by atoms with Crippen molar-refractivity contribution in [1.82, 2.24) is 10.6 Å². The van der Waals surface area contributed by atoms with Gasteiger partial charge in [0.25, 0.3) is 10.1 Å². The lowest BCUT2D eigenvalue weighted by Gasteiger charge is -2.28. The van der Waals surface area contributed by atoms with E-state index >= 15 is 0 Å². The van der Waals surface area contributed by atoms with Crippen molar-refractivity contribution < 1.29 is 22.6 Å². The number of carbonyl (C=O) groups is 2. The summed E-state index contributed by atoms with van der Waals surface area (Å²) in [6.07, 6.45) is 4.88. The van der Waals surface area contributed by atoms with Gasteiger partial charge in [0.1, 0.15) is 11.4 Å². The fourth-order valence-corrected chi connectivity index (χ4v) is 5.64. The van der Waals surface area contributed by atoms with E-state index in [1.807, 2.05) is 0 Å². The van der Waals surface area contributed by atoms with Crippen LogP contribution in [-0.2, 0) is 19.7 Å². The van der Waals surface area contributed by atoms with Gasteiger partial charge in [0.05, 0.1) is 5.25 Å². The lowest BCUT2D eigenvalue weighted by Crippen LogP contribution is -2.38. The molecule has 0 amide bonds. The Morgan fingerprint density at radius 3 is 2.04 bits per heavy atom. The smallest absolute Gasteiger partial charge is 0.267 e. The van der Waals surface area contributed by atoms with E-state index < -0.39 is 21.3 Å². The molecule has 0 spiro atoms. The van der Waals surface area contributed by atoms with E-state index in [4.69, 9.17) is 0 Å². The summed E-state index contributed by atoms with van der Waals surface area (Å²) in [6.45, 7) is 0. The van der Waals surface area contributed by atoms with Crippen LogP contribution in [0.25, 0.3) is 0 Å². The average molecular weight is 354 g/mol. The van der Waals surface area contributed by atoms with E-state index in [2.05, 4.69) is 10.6 Å². The first kappa shape index (κ1) is 16.1. The van der Waals surface area contributed by atoms with Crippen molar-refractivity contribution in [2.24, 2.45) is 11.8 Å². The molecule has 0 radical (unpaired) electrons. The van der Waals surface area contributed by atoms with Gasteiger partial charge in [-0.2, -0.15) is 8.42 Å². The van der Waals surface area contributed by atoms with E-state index in [9.17, 15) is 22.6 Å². The Labute approximate surface area is 141 Å². The van der Waals surface area contributed by atoms with Gasteiger partial charge in [0.15, 0.2) is 11.6 Å². The molecule has 0 bridgehead atoms. The highest BCUT2D eigenvalue weighted by atomic mass is 32.2. The summed E-state index contributed by atoms with van der Waals surface area (Å²) >= 11 is 0. The number of Topliss-reactive ketones (excluding diaryl/α,β-unsaturated/α-hetero) is 2. The highest BCUT2D eigenvalue weighted by Gasteiger charge is 2.49. The first-order chi connectivity index (χ1) is 11.4. The molecule has 4 rings (SSSR count). The van der Waals surface area contributed by atoms with Crippen LogP contribution in [0, 0.1) is 11.8 Å². The highest BCUT2D eigenvalue weighted by molar-refractivity contribution is 7.86. The third-order valence-corrected chi connectivity index (χ3v) is 7.34. The Morgan fingerprint density at radius 2 is 1.42 bits per heavy atom. The van der Waals surface area contributed by atoms with Gasteiger partial charge in [-0.05, 0) is 32.1 Å². The molecule has 0 aromatic heterocycles. The van der Waals surface area contributed by atoms with E-state index in [-0.39, 0.29) is 36.0 Å². The van der Waals surface area contributed by atoms with Gasteiger partial charge in [0.2, 0.25) is 0 Å². The number of ketones is 2. The fraction of sp³-hybridized carbons (Fsp3) is 0.750. The number of rotatable bonds is 1. The Balaban J connectivity index is 1.60. The van der Waals surface area contributed by atoms with Gasteiger partial charge >= 0.3 is 0 Å². The predicted molar refractivity (Wildman–Crippen MR) is 85.5 cm³/mol. The third kappa shape index (κ3) is 2.47. The van der Waals surface area contributed by atoms with Crippen molar-refractivity contribution in [1.29, 1.82) is 0 Å². The van der Waals surface area contributed by atoms with Crippen LogP contribution in [0.5, 0.6) is 0 Å². The fourth-order valence-electron chi connectivity index (χ4n) is 4.76. The largest absolute Gasteiger partial charge is 0.377 e. The summed E-state index contributed by atoms with van der Waals surface area (Å²) < 4.78 is 32.0. The number of hydrogen-bond donors (Lipinski definition) is 3. The zero-order chi connectivity index (χ0) is 17.1.